The molecule has 20 heavy (non-hydrogen) atoms. The molecule has 2 heterocycles. The van der Waals surface area contributed by atoms with Crippen molar-refractivity contribution in [3.63, 3.8) is 0 Å². The van der Waals surface area contributed by atoms with E-state index in [0.717, 1.165) is 51.6 Å². The van der Waals surface area contributed by atoms with Gasteiger partial charge >= 0.3 is 0 Å². The van der Waals surface area contributed by atoms with Crippen molar-refractivity contribution in [3.8, 4) is 0 Å². The van der Waals surface area contributed by atoms with Gasteiger partial charge in [0.1, 0.15) is 0 Å². The quantitative estimate of drug-likeness (QED) is 0.824. The Labute approximate surface area is 122 Å². The molecule has 3 fully saturated rings. The summed E-state index contributed by atoms with van der Waals surface area (Å²) in [6.07, 6.45) is 7.04. The van der Waals surface area contributed by atoms with Crippen molar-refractivity contribution >= 4 is 5.91 Å². The zero-order valence-corrected chi connectivity index (χ0v) is 12.7. The first-order valence-electron chi connectivity index (χ1n) is 8.22. The van der Waals surface area contributed by atoms with Crippen LogP contribution in [0.15, 0.2) is 0 Å². The number of carbonyl (C=O) groups excluding carboxylic acids is 1. The molecule has 2 aliphatic heterocycles. The summed E-state index contributed by atoms with van der Waals surface area (Å²) >= 11 is 0. The highest BCUT2D eigenvalue weighted by atomic mass is 16.5. The Bertz CT molecular complexity index is 353. The zero-order chi connectivity index (χ0) is 14.1. The second-order valence-electron chi connectivity index (χ2n) is 7.27. The first-order valence-corrected chi connectivity index (χ1v) is 8.22. The van der Waals surface area contributed by atoms with Gasteiger partial charge in [0.05, 0.1) is 5.41 Å². The van der Waals surface area contributed by atoms with Crippen molar-refractivity contribution in [3.05, 3.63) is 0 Å². The van der Waals surface area contributed by atoms with Gasteiger partial charge in [0.25, 0.3) is 0 Å². The van der Waals surface area contributed by atoms with Crippen molar-refractivity contribution in [2.75, 3.05) is 32.8 Å². The molecule has 0 aromatic carbocycles. The van der Waals surface area contributed by atoms with E-state index in [1.165, 1.54) is 25.7 Å². The van der Waals surface area contributed by atoms with E-state index in [2.05, 4.69) is 17.6 Å². The lowest BCUT2D eigenvalue weighted by molar-refractivity contribution is -0.131. The van der Waals surface area contributed by atoms with Gasteiger partial charge in [-0.05, 0) is 63.3 Å². The molecule has 0 bridgehead atoms. The van der Waals surface area contributed by atoms with Crippen LogP contribution in [0, 0.1) is 16.7 Å². The fourth-order valence-corrected chi connectivity index (χ4v) is 3.92. The molecule has 0 radical (unpaired) electrons. The number of carbonyl (C=O) groups is 1. The standard InChI is InChI=1S/C16H28N2O2/c1-15(5-2-8-17-11-15)14(19)18-12-16(6-7-16)13-3-9-20-10-4-13/h13,17H,2-12H2,1H3,(H,18,19). The lowest BCUT2D eigenvalue weighted by Gasteiger charge is -2.35. The van der Waals surface area contributed by atoms with Crippen molar-refractivity contribution in [2.24, 2.45) is 16.7 Å². The van der Waals surface area contributed by atoms with E-state index in [0.29, 0.717) is 5.41 Å². The molecular weight excluding hydrogens is 252 g/mol. The Morgan fingerprint density at radius 1 is 1.30 bits per heavy atom. The maximum atomic E-state index is 12.5. The summed E-state index contributed by atoms with van der Waals surface area (Å²) in [5.41, 5.74) is 0.196. The van der Waals surface area contributed by atoms with Crippen molar-refractivity contribution in [1.82, 2.24) is 10.6 Å². The summed E-state index contributed by atoms with van der Waals surface area (Å²) in [6.45, 7) is 6.66. The molecule has 4 nitrogen and oxygen atoms in total. The molecule has 1 unspecified atom stereocenters. The summed E-state index contributed by atoms with van der Waals surface area (Å²) in [5.74, 6) is 1.01. The third kappa shape index (κ3) is 2.86. The predicted molar refractivity (Wildman–Crippen MR) is 78.4 cm³/mol. The third-order valence-electron chi connectivity index (χ3n) is 5.73. The number of hydrogen-bond donors (Lipinski definition) is 2. The molecule has 0 spiro atoms. The van der Waals surface area contributed by atoms with Crippen LogP contribution < -0.4 is 10.6 Å². The lowest BCUT2D eigenvalue weighted by atomic mass is 9.80. The van der Waals surface area contributed by atoms with E-state index in [1.807, 2.05) is 0 Å². The molecule has 1 saturated carbocycles. The van der Waals surface area contributed by atoms with Crippen molar-refractivity contribution in [1.29, 1.82) is 0 Å². The number of hydrogen-bond acceptors (Lipinski definition) is 3. The van der Waals surface area contributed by atoms with Gasteiger partial charge in [-0.1, -0.05) is 0 Å². The van der Waals surface area contributed by atoms with Crippen LogP contribution in [-0.2, 0) is 9.53 Å². The molecule has 1 amide bonds. The van der Waals surface area contributed by atoms with Crippen LogP contribution in [0.3, 0.4) is 0 Å². The second-order valence-corrected chi connectivity index (χ2v) is 7.27. The summed E-state index contributed by atoms with van der Waals surface area (Å²) < 4.78 is 5.46. The van der Waals surface area contributed by atoms with Crippen LogP contribution in [-0.4, -0.2) is 38.8 Å². The first-order chi connectivity index (χ1) is 9.65. The average Bonchev–Trinajstić information content (AvgIpc) is 3.28. The van der Waals surface area contributed by atoms with Gasteiger partial charge in [0.15, 0.2) is 0 Å². The second kappa shape index (κ2) is 5.64. The van der Waals surface area contributed by atoms with Crippen LogP contribution >= 0.6 is 0 Å². The Morgan fingerprint density at radius 2 is 2.05 bits per heavy atom. The Hall–Kier alpha value is -0.610. The molecule has 2 N–H and O–H groups in total. The SMILES string of the molecule is CC1(C(=O)NCC2(C3CCOCC3)CC2)CCCNC1. The monoisotopic (exact) mass is 280 g/mol. The minimum Gasteiger partial charge on any atom is -0.381 e. The summed E-state index contributed by atoms with van der Waals surface area (Å²) in [5, 5.41) is 6.63. The molecule has 114 valence electrons. The number of piperidine rings is 1. The molecule has 4 heteroatoms. The fraction of sp³-hybridized carbons (Fsp3) is 0.938. The highest BCUT2D eigenvalue weighted by Crippen LogP contribution is 2.54. The average molecular weight is 280 g/mol. The molecule has 3 aliphatic rings. The van der Waals surface area contributed by atoms with E-state index in [-0.39, 0.29) is 11.3 Å². The normalized spacial score (nSPS) is 33.6. The number of nitrogens with one attached hydrogen (secondary N) is 2. The van der Waals surface area contributed by atoms with Crippen LogP contribution in [0.2, 0.25) is 0 Å². The Kier molecular flexibility index (Phi) is 4.04. The predicted octanol–water partition coefficient (Wildman–Crippen LogP) is 1.70. The van der Waals surface area contributed by atoms with E-state index in [1.54, 1.807) is 0 Å². The lowest BCUT2D eigenvalue weighted by Crippen LogP contribution is -2.50. The molecule has 1 aliphatic carbocycles. The maximum Gasteiger partial charge on any atom is 0.227 e. The van der Waals surface area contributed by atoms with Gasteiger partial charge in [0, 0.05) is 26.3 Å². The summed E-state index contributed by atoms with van der Waals surface area (Å²) in [7, 11) is 0. The highest BCUT2D eigenvalue weighted by molar-refractivity contribution is 5.82. The highest BCUT2D eigenvalue weighted by Gasteiger charge is 2.49. The van der Waals surface area contributed by atoms with Crippen LogP contribution in [0.4, 0.5) is 0 Å². The summed E-state index contributed by atoms with van der Waals surface area (Å²) in [6, 6.07) is 0. The molecule has 0 aromatic heterocycles. The fourth-order valence-electron chi connectivity index (χ4n) is 3.92. The largest absolute Gasteiger partial charge is 0.381 e. The maximum absolute atomic E-state index is 12.5. The van der Waals surface area contributed by atoms with Crippen LogP contribution in [0.25, 0.3) is 0 Å². The van der Waals surface area contributed by atoms with Gasteiger partial charge in [-0.2, -0.15) is 0 Å². The number of rotatable bonds is 4. The van der Waals surface area contributed by atoms with Gasteiger partial charge in [-0.3, -0.25) is 4.79 Å². The Morgan fingerprint density at radius 3 is 2.65 bits per heavy atom. The van der Waals surface area contributed by atoms with Gasteiger partial charge in [0.2, 0.25) is 5.91 Å². The Balaban J connectivity index is 1.52. The van der Waals surface area contributed by atoms with Crippen molar-refractivity contribution in [2.45, 2.75) is 45.4 Å². The topological polar surface area (TPSA) is 50.4 Å². The van der Waals surface area contributed by atoms with Crippen LogP contribution in [0.1, 0.15) is 45.4 Å². The number of ether oxygens (including phenoxy) is 1. The third-order valence-corrected chi connectivity index (χ3v) is 5.73. The van der Waals surface area contributed by atoms with Gasteiger partial charge in [-0.15, -0.1) is 0 Å². The zero-order valence-electron chi connectivity index (χ0n) is 12.7. The van der Waals surface area contributed by atoms with Crippen molar-refractivity contribution < 1.29 is 9.53 Å². The summed E-state index contributed by atoms with van der Waals surface area (Å²) in [4.78, 5) is 12.5. The van der Waals surface area contributed by atoms with E-state index in [4.69, 9.17) is 4.74 Å². The molecule has 2 saturated heterocycles. The minimum absolute atomic E-state index is 0.204. The van der Waals surface area contributed by atoms with Gasteiger partial charge in [-0.25, -0.2) is 0 Å². The molecular formula is C16H28N2O2. The van der Waals surface area contributed by atoms with Crippen LogP contribution in [0.5, 0.6) is 0 Å². The first kappa shape index (κ1) is 14.3. The van der Waals surface area contributed by atoms with E-state index >= 15 is 0 Å². The molecule has 1 atom stereocenters. The van der Waals surface area contributed by atoms with E-state index < -0.39 is 0 Å². The van der Waals surface area contributed by atoms with Gasteiger partial charge < -0.3 is 15.4 Å². The molecule has 3 rings (SSSR count). The molecule has 0 aromatic rings. The van der Waals surface area contributed by atoms with E-state index in [9.17, 15) is 4.79 Å². The number of amides is 1. The smallest absolute Gasteiger partial charge is 0.227 e. The minimum atomic E-state index is -0.204.